The lowest BCUT2D eigenvalue weighted by molar-refractivity contribution is -0.128. The lowest BCUT2D eigenvalue weighted by Gasteiger charge is -2.24. The largest absolute Gasteiger partial charge is 0.395 e. The average molecular weight is 312 g/mol. The van der Waals surface area contributed by atoms with Gasteiger partial charge in [-0.15, -0.1) is 0 Å². The van der Waals surface area contributed by atoms with Gasteiger partial charge in [-0.3, -0.25) is 4.79 Å². The third kappa shape index (κ3) is 4.63. The molecule has 3 nitrogen and oxygen atoms in total. The summed E-state index contributed by atoms with van der Waals surface area (Å²) in [6.07, 6.45) is 3.32. The highest BCUT2D eigenvalue weighted by Crippen LogP contribution is 2.13. The normalized spacial score (nSPS) is 11.2. The zero-order valence-corrected chi connectivity index (χ0v) is 12.2. The summed E-state index contributed by atoms with van der Waals surface area (Å²) in [7, 11) is 0. The molecule has 0 saturated heterocycles. The topological polar surface area (TPSA) is 40.5 Å². The lowest BCUT2D eigenvalue weighted by Crippen LogP contribution is -2.37. The van der Waals surface area contributed by atoms with Crippen LogP contribution in [0.4, 0.5) is 0 Å². The number of rotatable bonds is 5. The minimum absolute atomic E-state index is 0.0192. The summed E-state index contributed by atoms with van der Waals surface area (Å²) in [5.74, 6) is -0.0842. The Kier molecular flexibility index (Phi) is 6.09. The van der Waals surface area contributed by atoms with Gasteiger partial charge in [-0.1, -0.05) is 28.1 Å². The summed E-state index contributed by atoms with van der Waals surface area (Å²) in [6, 6.07) is 7.81. The van der Waals surface area contributed by atoms with Crippen LogP contribution in [0, 0.1) is 0 Å². The van der Waals surface area contributed by atoms with Gasteiger partial charge >= 0.3 is 0 Å². The molecule has 1 N–H and O–H groups in total. The van der Waals surface area contributed by atoms with E-state index in [4.69, 9.17) is 5.11 Å². The van der Waals surface area contributed by atoms with Gasteiger partial charge in [0, 0.05) is 23.1 Å². The van der Waals surface area contributed by atoms with Crippen LogP contribution in [-0.4, -0.2) is 35.1 Å². The number of benzene rings is 1. The maximum atomic E-state index is 11.9. The van der Waals surface area contributed by atoms with Gasteiger partial charge in [-0.25, -0.2) is 0 Å². The molecule has 0 unspecified atom stereocenters. The minimum atomic E-state index is -0.0842. The van der Waals surface area contributed by atoms with Crippen molar-refractivity contribution in [2.24, 2.45) is 0 Å². The van der Waals surface area contributed by atoms with Crippen LogP contribution in [0.1, 0.15) is 19.4 Å². The molecule has 0 saturated carbocycles. The Morgan fingerprint density at radius 2 is 2.22 bits per heavy atom. The van der Waals surface area contributed by atoms with Gasteiger partial charge < -0.3 is 10.0 Å². The fraction of sp³-hybridized carbons (Fsp3) is 0.357. The van der Waals surface area contributed by atoms with Crippen LogP contribution in [0.25, 0.3) is 6.08 Å². The first-order valence-electron chi connectivity index (χ1n) is 5.89. The number of nitrogens with zero attached hydrogens (tertiary/aromatic N) is 1. The number of hydrogen-bond donors (Lipinski definition) is 1. The van der Waals surface area contributed by atoms with Crippen molar-refractivity contribution in [3.05, 3.63) is 40.4 Å². The molecule has 0 aromatic heterocycles. The predicted molar refractivity (Wildman–Crippen MR) is 77.1 cm³/mol. The summed E-state index contributed by atoms with van der Waals surface area (Å²) in [5, 5.41) is 8.93. The average Bonchev–Trinajstić information content (AvgIpc) is 2.32. The second-order valence-corrected chi connectivity index (χ2v) is 5.15. The number of aliphatic hydroxyl groups excluding tert-OH is 1. The van der Waals surface area contributed by atoms with Gasteiger partial charge in [-0.05, 0) is 37.6 Å². The first kappa shape index (κ1) is 14.9. The Bertz CT molecular complexity index is 430. The van der Waals surface area contributed by atoms with Crippen LogP contribution < -0.4 is 0 Å². The Morgan fingerprint density at radius 3 is 2.78 bits per heavy atom. The molecule has 0 atom stereocenters. The minimum Gasteiger partial charge on any atom is -0.395 e. The van der Waals surface area contributed by atoms with Crippen molar-refractivity contribution in [2.45, 2.75) is 19.9 Å². The monoisotopic (exact) mass is 311 g/mol. The molecule has 0 spiro atoms. The van der Waals surface area contributed by atoms with Gasteiger partial charge in [-0.2, -0.15) is 0 Å². The fourth-order valence-electron chi connectivity index (χ4n) is 1.60. The molecule has 1 aromatic rings. The highest BCUT2D eigenvalue weighted by Gasteiger charge is 2.12. The van der Waals surface area contributed by atoms with Gasteiger partial charge in [0.1, 0.15) is 0 Å². The van der Waals surface area contributed by atoms with E-state index in [-0.39, 0.29) is 18.6 Å². The molecule has 0 heterocycles. The molecule has 0 aliphatic carbocycles. The van der Waals surface area contributed by atoms with Crippen LogP contribution in [-0.2, 0) is 4.79 Å². The van der Waals surface area contributed by atoms with Gasteiger partial charge in [0.25, 0.3) is 0 Å². The molecule has 0 fully saturated rings. The highest BCUT2D eigenvalue weighted by molar-refractivity contribution is 9.10. The number of halogens is 1. The lowest BCUT2D eigenvalue weighted by atomic mass is 10.2. The number of hydrogen-bond acceptors (Lipinski definition) is 2. The molecule has 0 radical (unpaired) electrons. The van der Waals surface area contributed by atoms with Crippen molar-refractivity contribution >= 4 is 27.9 Å². The van der Waals surface area contributed by atoms with E-state index in [9.17, 15) is 4.79 Å². The van der Waals surface area contributed by atoms with E-state index in [2.05, 4.69) is 15.9 Å². The molecule has 18 heavy (non-hydrogen) atoms. The molecule has 0 aliphatic rings. The maximum Gasteiger partial charge on any atom is 0.246 e. The number of carbonyl (C=O) groups excluding carboxylic acids is 1. The second kappa shape index (κ2) is 7.34. The van der Waals surface area contributed by atoms with Gasteiger partial charge in [0.15, 0.2) is 0 Å². The SMILES string of the molecule is CC(C)N(CCO)C(=O)/C=C/c1cccc(Br)c1. The standard InChI is InChI=1S/C14H18BrNO2/c1-11(2)16(8-9-17)14(18)7-6-12-4-3-5-13(15)10-12/h3-7,10-11,17H,8-9H2,1-2H3/b7-6+. The van der Waals surface area contributed by atoms with Crippen LogP contribution >= 0.6 is 15.9 Å². The number of amides is 1. The van der Waals surface area contributed by atoms with Gasteiger partial charge in [0.2, 0.25) is 5.91 Å². The predicted octanol–water partition coefficient (Wildman–Crippen LogP) is 2.69. The van der Waals surface area contributed by atoms with Crippen molar-refractivity contribution in [3.63, 3.8) is 0 Å². The quantitative estimate of drug-likeness (QED) is 0.849. The van der Waals surface area contributed by atoms with E-state index < -0.39 is 0 Å². The Balaban J connectivity index is 2.73. The molecule has 0 bridgehead atoms. The summed E-state index contributed by atoms with van der Waals surface area (Å²) in [4.78, 5) is 13.6. The van der Waals surface area contributed by atoms with E-state index >= 15 is 0 Å². The number of carbonyl (C=O) groups is 1. The van der Waals surface area contributed by atoms with Crippen LogP contribution in [0.15, 0.2) is 34.8 Å². The zero-order valence-electron chi connectivity index (χ0n) is 10.6. The van der Waals surface area contributed by atoms with Crippen molar-refractivity contribution in [2.75, 3.05) is 13.2 Å². The third-order valence-corrected chi connectivity index (χ3v) is 3.01. The zero-order chi connectivity index (χ0) is 13.5. The molecule has 98 valence electrons. The van der Waals surface area contributed by atoms with Crippen LogP contribution in [0.3, 0.4) is 0 Å². The van der Waals surface area contributed by atoms with E-state index in [0.29, 0.717) is 6.54 Å². The van der Waals surface area contributed by atoms with E-state index in [1.165, 1.54) is 6.08 Å². The van der Waals surface area contributed by atoms with Gasteiger partial charge in [0.05, 0.1) is 6.61 Å². The summed E-state index contributed by atoms with van der Waals surface area (Å²) >= 11 is 3.38. The highest BCUT2D eigenvalue weighted by atomic mass is 79.9. The smallest absolute Gasteiger partial charge is 0.246 e. The molecular weight excluding hydrogens is 294 g/mol. The Morgan fingerprint density at radius 1 is 1.50 bits per heavy atom. The molecule has 0 aliphatic heterocycles. The first-order valence-corrected chi connectivity index (χ1v) is 6.69. The molecular formula is C14H18BrNO2. The van der Waals surface area contributed by atoms with E-state index in [1.54, 1.807) is 11.0 Å². The van der Waals surface area contributed by atoms with Crippen molar-refractivity contribution in [1.82, 2.24) is 4.90 Å². The summed E-state index contributed by atoms with van der Waals surface area (Å²) in [5.41, 5.74) is 0.963. The van der Waals surface area contributed by atoms with Crippen LogP contribution in [0.2, 0.25) is 0 Å². The first-order chi connectivity index (χ1) is 8.54. The van der Waals surface area contributed by atoms with Crippen LogP contribution in [0.5, 0.6) is 0 Å². The number of aliphatic hydroxyl groups is 1. The Labute approximate surface area is 116 Å². The molecule has 1 rings (SSSR count). The second-order valence-electron chi connectivity index (χ2n) is 4.24. The summed E-state index contributed by atoms with van der Waals surface area (Å²) in [6.45, 7) is 4.20. The summed E-state index contributed by atoms with van der Waals surface area (Å²) < 4.78 is 0.980. The third-order valence-electron chi connectivity index (χ3n) is 2.51. The van der Waals surface area contributed by atoms with Crippen molar-refractivity contribution in [1.29, 1.82) is 0 Å². The molecule has 4 heteroatoms. The molecule has 1 aromatic carbocycles. The van der Waals surface area contributed by atoms with Crippen molar-refractivity contribution < 1.29 is 9.90 Å². The van der Waals surface area contributed by atoms with E-state index in [1.807, 2.05) is 38.1 Å². The molecule has 1 amide bonds. The van der Waals surface area contributed by atoms with Crippen molar-refractivity contribution in [3.8, 4) is 0 Å². The maximum absolute atomic E-state index is 11.9. The van der Waals surface area contributed by atoms with E-state index in [0.717, 1.165) is 10.0 Å². The Hall–Kier alpha value is -1.13. The fourth-order valence-corrected chi connectivity index (χ4v) is 2.02.